The number of anilines is 1. The van der Waals surface area contributed by atoms with Gasteiger partial charge in [-0.05, 0) is 18.2 Å². The Morgan fingerprint density at radius 3 is 2.63 bits per heavy atom. The average Bonchev–Trinajstić information content (AvgIpc) is 2.79. The largest absolute Gasteiger partial charge is 0.383 e. The van der Waals surface area contributed by atoms with Crippen LogP contribution in [0.15, 0.2) is 42.9 Å². The van der Waals surface area contributed by atoms with Crippen LogP contribution in [0.25, 0.3) is 0 Å². The van der Waals surface area contributed by atoms with Crippen molar-refractivity contribution in [2.24, 2.45) is 0 Å². The number of aromatic nitrogens is 2. The second kappa shape index (κ2) is 10.9. The SMILES string of the molecule is COCCN(CCC(=O)N1CCN(c2cccc(Cl)c2)CC1)C(=O)c1cnccn1. The molecule has 0 N–H and O–H groups in total. The minimum atomic E-state index is -0.251. The van der Waals surface area contributed by atoms with Crippen LogP contribution in [0, 0.1) is 0 Å². The molecule has 2 heterocycles. The maximum absolute atomic E-state index is 12.7. The topological polar surface area (TPSA) is 78.9 Å². The van der Waals surface area contributed by atoms with Gasteiger partial charge in [-0.25, -0.2) is 4.98 Å². The third-order valence-electron chi connectivity index (χ3n) is 5.04. The van der Waals surface area contributed by atoms with E-state index in [-0.39, 0.29) is 23.9 Å². The van der Waals surface area contributed by atoms with E-state index in [1.54, 1.807) is 12.0 Å². The highest BCUT2D eigenvalue weighted by atomic mass is 35.5. The number of halogens is 1. The van der Waals surface area contributed by atoms with Crippen LogP contribution in [-0.2, 0) is 9.53 Å². The molecule has 0 radical (unpaired) electrons. The van der Waals surface area contributed by atoms with Gasteiger partial charge >= 0.3 is 0 Å². The van der Waals surface area contributed by atoms with Gasteiger partial charge in [0.25, 0.3) is 5.91 Å². The zero-order valence-corrected chi connectivity index (χ0v) is 17.8. The number of ether oxygens (including phenoxy) is 1. The van der Waals surface area contributed by atoms with Crippen LogP contribution in [0.3, 0.4) is 0 Å². The van der Waals surface area contributed by atoms with Crippen molar-refractivity contribution < 1.29 is 14.3 Å². The van der Waals surface area contributed by atoms with Gasteiger partial charge in [-0.1, -0.05) is 17.7 Å². The molecule has 3 rings (SSSR count). The molecule has 0 saturated carbocycles. The van der Waals surface area contributed by atoms with Crippen LogP contribution in [0.2, 0.25) is 5.02 Å². The molecule has 0 bridgehead atoms. The lowest BCUT2D eigenvalue weighted by atomic mass is 10.2. The lowest BCUT2D eigenvalue weighted by Crippen LogP contribution is -2.49. The molecule has 1 aromatic heterocycles. The molecule has 0 aliphatic carbocycles. The van der Waals surface area contributed by atoms with E-state index in [0.29, 0.717) is 37.8 Å². The fourth-order valence-electron chi connectivity index (χ4n) is 3.36. The highest BCUT2D eigenvalue weighted by Crippen LogP contribution is 2.21. The molecular weight excluding hydrogens is 406 g/mol. The second-order valence-electron chi connectivity index (χ2n) is 6.97. The molecule has 160 valence electrons. The molecule has 0 unspecified atom stereocenters. The summed E-state index contributed by atoms with van der Waals surface area (Å²) >= 11 is 6.08. The van der Waals surface area contributed by atoms with Crippen LogP contribution < -0.4 is 4.90 Å². The van der Waals surface area contributed by atoms with Gasteiger partial charge in [0, 0.05) is 75.9 Å². The number of amides is 2. The Bertz CT molecular complexity index is 844. The predicted octanol–water partition coefficient (Wildman–Crippen LogP) is 1.96. The summed E-state index contributed by atoms with van der Waals surface area (Å²) in [7, 11) is 1.58. The molecule has 30 heavy (non-hydrogen) atoms. The number of carbonyl (C=O) groups excluding carboxylic acids is 2. The average molecular weight is 432 g/mol. The maximum atomic E-state index is 12.7. The summed E-state index contributed by atoms with van der Waals surface area (Å²) in [6.45, 7) is 3.87. The van der Waals surface area contributed by atoms with Gasteiger partial charge in [-0.3, -0.25) is 14.6 Å². The van der Waals surface area contributed by atoms with E-state index < -0.39 is 0 Å². The number of hydrogen-bond acceptors (Lipinski definition) is 6. The van der Waals surface area contributed by atoms with E-state index in [0.717, 1.165) is 18.8 Å². The first-order chi connectivity index (χ1) is 14.6. The molecule has 2 aromatic rings. The van der Waals surface area contributed by atoms with Gasteiger partial charge in [-0.2, -0.15) is 0 Å². The van der Waals surface area contributed by atoms with Crippen molar-refractivity contribution in [3.63, 3.8) is 0 Å². The Labute approximate surface area is 181 Å². The summed E-state index contributed by atoms with van der Waals surface area (Å²) < 4.78 is 5.10. The first-order valence-electron chi connectivity index (χ1n) is 9.91. The molecule has 0 atom stereocenters. The standard InChI is InChI=1S/C21H26ClN5O3/c1-30-14-13-27(21(29)19-16-23-6-7-24-19)8-5-20(28)26-11-9-25(10-12-26)18-4-2-3-17(22)15-18/h2-4,6-7,15-16H,5,8-14H2,1H3. The second-order valence-corrected chi connectivity index (χ2v) is 7.41. The van der Waals surface area contributed by atoms with Crippen LogP contribution in [0.4, 0.5) is 5.69 Å². The fourth-order valence-corrected chi connectivity index (χ4v) is 3.55. The molecule has 2 amide bonds. The van der Waals surface area contributed by atoms with Crippen molar-refractivity contribution in [3.05, 3.63) is 53.6 Å². The molecular formula is C21H26ClN5O3. The minimum absolute atomic E-state index is 0.0371. The molecule has 9 heteroatoms. The van der Waals surface area contributed by atoms with Crippen LogP contribution in [0.1, 0.15) is 16.9 Å². The normalized spacial score (nSPS) is 13.9. The predicted molar refractivity (Wildman–Crippen MR) is 115 cm³/mol. The highest BCUT2D eigenvalue weighted by molar-refractivity contribution is 6.30. The molecule has 1 aromatic carbocycles. The number of rotatable bonds is 8. The Morgan fingerprint density at radius 1 is 1.17 bits per heavy atom. The summed E-state index contributed by atoms with van der Waals surface area (Å²) in [5.74, 6) is -0.214. The first-order valence-corrected chi connectivity index (χ1v) is 10.3. The van der Waals surface area contributed by atoms with Crippen molar-refractivity contribution >= 4 is 29.1 Å². The molecule has 0 spiro atoms. The first kappa shape index (κ1) is 22.0. The summed E-state index contributed by atoms with van der Waals surface area (Å²) in [6.07, 6.45) is 4.68. The highest BCUT2D eigenvalue weighted by Gasteiger charge is 2.23. The Balaban J connectivity index is 1.52. The number of piperazine rings is 1. The lowest BCUT2D eigenvalue weighted by Gasteiger charge is -2.36. The Morgan fingerprint density at radius 2 is 1.97 bits per heavy atom. The van der Waals surface area contributed by atoms with Crippen LogP contribution in [0.5, 0.6) is 0 Å². The summed E-state index contributed by atoms with van der Waals surface area (Å²) in [5, 5.41) is 0.704. The Kier molecular flexibility index (Phi) is 7.98. The van der Waals surface area contributed by atoms with E-state index in [2.05, 4.69) is 14.9 Å². The summed E-state index contributed by atoms with van der Waals surface area (Å²) in [4.78, 5) is 39.1. The zero-order valence-electron chi connectivity index (χ0n) is 17.0. The maximum Gasteiger partial charge on any atom is 0.274 e. The monoisotopic (exact) mass is 431 g/mol. The quantitative estimate of drug-likeness (QED) is 0.635. The summed E-state index contributed by atoms with van der Waals surface area (Å²) in [5.41, 5.74) is 1.33. The molecule has 1 saturated heterocycles. The van der Waals surface area contributed by atoms with Gasteiger partial charge in [0.1, 0.15) is 5.69 Å². The van der Waals surface area contributed by atoms with Gasteiger partial charge in [-0.15, -0.1) is 0 Å². The number of hydrogen-bond donors (Lipinski definition) is 0. The molecule has 1 aliphatic rings. The number of nitrogens with zero attached hydrogens (tertiary/aromatic N) is 5. The van der Waals surface area contributed by atoms with Crippen molar-refractivity contribution in [2.45, 2.75) is 6.42 Å². The Hall–Kier alpha value is -2.71. The van der Waals surface area contributed by atoms with Crippen LogP contribution >= 0.6 is 11.6 Å². The van der Waals surface area contributed by atoms with E-state index in [4.69, 9.17) is 16.3 Å². The van der Waals surface area contributed by atoms with Crippen molar-refractivity contribution in [1.29, 1.82) is 0 Å². The minimum Gasteiger partial charge on any atom is -0.383 e. The van der Waals surface area contributed by atoms with Gasteiger partial charge < -0.3 is 19.4 Å². The number of methoxy groups -OCH3 is 1. The summed E-state index contributed by atoms with van der Waals surface area (Å²) in [6, 6.07) is 7.74. The van der Waals surface area contributed by atoms with Gasteiger partial charge in [0.15, 0.2) is 0 Å². The van der Waals surface area contributed by atoms with Crippen LogP contribution in [-0.4, -0.2) is 84.6 Å². The van der Waals surface area contributed by atoms with Crippen molar-refractivity contribution in [2.75, 3.05) is 57.9 Å². The van der Waals surface area contributed by atoms with E-state index in [1.165, 1.54) is 18.6 Å². The smallest absolute Gasteiger partial charge is 0.274 e. The third-order valence-corrected chi connectivity index (χ3v) is 5.27. The lowest BCUT2D eigenvalue weighted by molar-refractivity contribution is -0.131. The van der Waals surface area contributed by atoms with E-state index in [1.807, 2.05) is 29.2 Å². The molecule has 8 nitrogen and oxygen atoms in total. The van der Waals surface area contributed by atoms with Gasteiger partial charge in [0.2, 0.25) is 5.91 Å². The third kappa shape index (κ3) is 5.90. The fraction of sp³-hybridized carbons (Fsp3) is 0.429. The number of carbonyl (C=O) groups is 2. The van der Waals surface area contributed by atoms with Gasteiger partial charge in [0.05, 0.1) is 12.8 Å². The van der Waals surface area contributed by atoms with Crippen molar-refractivity contribution in [3.8, 4) is 0 Å². The zero-order chi connectivity index (χ0) is 21.3. The van der Waals surface area contributed by atoms with E-state index in [9.17, 15) is 9.59 Å². The van der Waals surface area contributed by atoms with E-state index >= 15 is 0 Å². The van der Waals surface area contributed by atoms with Crippen molar-refractivity contribution in [1.82, 2.24) is 19.8 Å². The molecule has 1 fully saturated rings. The molecule has 1 aliphatic heterocycles. The number of benzene rings is 1.